The van der Waals surface area contributed by atoms with Crippen LogP contribution in [-0.4, -0.2) is 16.5 Å². The van der Waals surface area contributed by atoms with Crippen LogP contribution in [0.25, 0.3) is 22.6 Å². The summed E-state index contributed by atoms with van der Waals surface area (Å²) in [4.78, 5) is 9.43. The lowest BCUT2D eigenvalue weighted by Crippen LogP contribution is -2.05. The van der Waals surface area contributed by atoms with E-state index >= 15 is 0 Å². The molecule has 1 heterocycles. The largest absolute Gasteiger partial charge is 0.370 e. The molecular formula is C20H21N3. The summed E-state index contributed by atoms with van der Waals surface area (Å²) in [5.74, 6) is 1.64. The Kier molecular flexibility index (Phi) is 4.99. The van der Waals surface area contributed by atoms with E-state index in [0.717, 1.165) is 47.8 Å². The first-order chi connectivity index (χ1) is 11.4. The molecule has 0 saturated carbocycles. The molecule has 3 aromatic rings. The maximum atomic E-state index is 4.75. The molecule has 3 heteroatoms. The molecule has 0 saturated heterocycles. The summed E-state index contributed by atoms with van der Waals surface area (Å²) in [6.07, 6.45) is 2.29. The third kappa shape index (κ3) is 3.95. The highest BCUT2D eigenvalue weighted by atomic mass is 15.0. The third-order valence-electron chi connectivity index (χ3n) is 3.66. The van der Waals surface area contributed by atoms with Gasteiger partial charge in [-0.05, 0) is 6.42 Å². The summed E-state index contributed by atoms with van der Waals surface area (Å²) < 4.78 is 0. The highest BCUT2D eigenvalue weighted by molar-refractivity contribution is 5.67. The lowest BCUT2D eigenvalue weighted by atomic mass is 10.1. The Balaban J connectivity index is 2.00. The minimum Gasteiger partial charge on any atom is -0.370 e. The number of rotatable bonds is 6. The standard InChI is InChI=1S/C20H21N3/c1-2-3-14-21-19-15-18(16-10-6-4-7-11-16)22-20(23-19)17-12-8-5-9-13-17/h4-13,15H,2-3,14H2,1H3,(H,21,22,23). The SMILES string of the molecule is CCCCNc1cc(-c2ccccc2)nc(-c2ccccc2)n1. The summed E-state index contributed by atoms with van der Waals surface area (Å²) in [5.41, 5.74) is 3.08. The minimum atomic E-state index is 0.756. The van der Waals surface area contributed by atoms with Crippen molar-refractivity contribution < 1.29 is 0 Å². The first-order valence-corrected chi connectivity index (χ1v) is 8.10. The summed E-state index contributed by atoms with van der Waals surface area (Å²) in [6, 6.07) is 22.4. The molecule has 0 spiro atoms. The molecule has 0 fully saturated rings. The van der Waals surface area contributed by atoms with Gasteiger partial charge < -0.3 is 5.32 Å². The van der Waals surface area contributed by atoms with Gasteiger partial charge in [0.05, 0.1) is 5.69 Å². The van der Waals surface area contributed by atoms with Crippen molar-refractivity contribution in [2.75, 3.05) is 11.9 Å². The van der Waals surface area contributed by atoms with Crippen LogP contribution in [0.1, 0.15) is 19.8 Å². The average Bonchev–Trinajstić information content (AvgIpc) is 2.63. The average molecular weight is 303 g/mol. The first kappa shape index (κ1) is 15.2. The van der Waals surface area contributed by atoms with Crippen molar-refractivity contribution in [2.24, 2.45) is 0 Å². The van der Waals surface area contributed by atoms with E-state index in [4.69, 9.17) is 4.98 Å². The summed E-state index contributed by atoms with van der Waals surface area (Å²) in [5, 5.41) is 3.41. The Morgan fingerprint density at radius 1 is 0.826 bits per heavy atom. The smallest absolute Gasteiger partial charge is 0.162 e. The molecule has 0 radical (unpaired) electrons. The van der Waals surface area contributed by atoms with Gasteiger partial charge in [0.1, 0.15) is 5.82 Å². The van der Waals surface area contributed by atoms with Gasteiger partial charge in [-0.3, -0.25) is 0 Å². The molecule has 23 heavy (non-hydrogen) atoms. The second kappa shape index (κ2) is 7.54. The van der Waals surface area contributed by atoms with Crippen molar-refractivity contribution >= 4 is 5.82 Å². The van der Waals surface area contributed by atoms with Crippen LogP contribution in [0.15, 0.2) is 66.7 Å². The van der Waals surface area contributed by atoms with Gasteiger partial charge in [-0.25, -0.2) is 9.97 Å². The van der Waals surface area contributed by atoms with Crippen LogP contribution in [0.3, 0.4) is 0 Å². The molecule has 3 rings (SSSR count). The molecule has 0 unspecified atom stereocenters. The lowest BCUT2D eigenvalue weighted by Gasteiger charge is -2.10. The number of benzene rings is 2. The molecule has 0 aliphatic rings. The number of aromatic nitrogens is 2. The summed E-state index contributed by atoms with van der Waals surface area (Å²) in [7, 11) is 0. The van der Waals surface area contributed by atoms with Crippen molar-refractivity contribution in [3.05, 3.63) is 66.7 Å². The van der Waals surface area contributed by atoms with Crippen molar-refractivity contribution in [1.29, 1.82) is 0 Å². The van der Waals surface area contributed by atoms with E-state index < -0.39 is 0 Å². The van der Waals surface area contributed by atoms with Crippen LogP contribution in [0.4, 0.5) is 5.82 Å². The Hall–Kier alpha value is -2.68. The Labute approximate surface area is 137 Å². The topological polar surface area (TPSA) is 37.8 Å². The van der Waals surface area contributed by atoms with E-state index in [1.807, 2.05) is 54.6 Å². The van der Waals surface area contributed by atoms with Crippen LogP contribution in [0.5, 0.6) is 0 Å². The van der Waals surface area contributed by atoms with Gasteiger partial charge in [0.2, 0.25) is 0 Å². The van der Waals surface area contributed by atoms with Crippen LogP contribution in [0, 0.1) is 0 Å². The highest BCUT2D eigenvalue weighted by Crippen LogP contribution is 2.24. The molecule has 116 valence electrons. The van der Waals surface area contributed by atoms with Crippen molar-refractivity contribution in [1.82, 2.24) is 9.97 Å². The van der Waals surface area contributed by atoms with E-state index in [1.165, 1.54) is 0 Å². The first-order valence-electron chi connectivity index (χ1n) is 8.10. The number of anilines is 1. The van der Waals surface area contributed by atoms with E-state index in [1.54, 1.807) is 0 Å². The maximum Gasteiger partial charge on any atom is 0.162 e. The van der Waals surface area contributed by atoms with Gasteiger partial charge in [-0.1, -0.05) is 74.0 Å². The molecule has 1 N–H and O–H groups in total. The fourth-order valence-electron chi connectivity index (χ4n) is 2.40. The summed E-state index contributed by atoms with van der Waals surface area (Å²) in [6.45, 7) is 3.11. The fraction of sp³-hybridized carbons (Fsp3) is 0.200. The second-order valence-corrected chi connectivity index (χ2v) is 5.47. The maximum absolute atomic E-state index is 4.75. The van der Waals surface area contributed by atoms with Gasteiger partial charge in [-0.15, -0.1) is 0 Å². The van der Waals surface area contributed by atoms with Gasteiger partial charge in [0, 0.05) is 23.7 Å². The fourth-order valence-corrected chi connectivity index (χ4v) is 2.40. The van der Waals surface area contributed by atoms with Crippen molar-refractivity contribution in [2.45, 2.75) is 19.8 Å². The van der Waals surface area contributed by atoms with Gasteiger partial charge >= 0.3 is 0 Å². The molecule has 0 amide bonds. The molecular weight excluding hydrogens is 282 g/mol. The number of nitrogens with one attached hydrogen (secondary N) is 1. The number of nitrogens with zero attached hydrogens (tertiary/aromatic N) is 2. The molecule has 3 nitrogen and oxygen atoms in total. The zero-order valence-electron chi connectivity index (χ0n) is 13.4. The zero-order chi connectivity index (χ0) is 15.9. The third-order valence-corrected chi connectivity index (χ3v) is 3.66. The molecule has 2 aromatic carbocycles. The monoisotopic (exact) mass is 303 g/mol. The van der Waals surface area contributed by atoms with E-state index in [9.17, 15) is 0 Å². The Bertz CT molecular complexity index is 682. The van der Waals surface area contributed by atoms with E-state index in [0.29, 0.717) is 0 Å². The minimum absolute atomic E-state index is 0.756. The predicted molar refractivity (Wildman–Crippen MR) is 96.3 cm³/mol. The molecule has 0 aliphatic carbocycles. The molecule has 0 bridgehead atoms. The Morgan fingerprint density at radius 2 is 1.48 bits per heavy atom. The zero-order valence-corrected chi connectivity index (χ0v) is 13.4. The van der Waals surface area contributed by atoms with Crippen LogP contribution < -0.4 is 5.32 Å². The predicted octanol–water partition coefficient (Wildman–Crippen LogP) is 5.02. The van der Waals surface area contributed by atoms with Crippen LogP contribution in [0.2, 0.25) is 0 Å². The molecule has 0 atom stereocenters. The molecule has 0 aliphatic heterocycles. The summed E-state index contributed by atoms with van der Waals surface area (Å²) >= 11 is 0. The van der Waals surface area contributed by atoms with Gasteiger partial charge in [0.15, 0.2) is 5.82 Å². The highest BCUT2D eigenvalue weighted by Gasteiger charge is 2.08. The Morgan fingerprint density at radius 3 is 2.13 bits per heavy atom. The van der Waals surface area contributed by atoms with Crippen LogP contribution >= 0.6 is 0 Å². The normalized spacial score (nSPS) is 10.5. The van der Waals surface area contributed by atoms with E-state index in [2.05, 4.69) is 29.4 Å². The number of unbranched alkanes of at least 4 members (excludes halogenated alkanes) is 1. The lowest BCUT2D eigenvalue weighted by molar-refractivity contribution is 0.830. The molecule has 1 aromatic heterocycles. The van der Waals surface area contributed by atoms with Crippen molar-refractivity contribution in [3.63, 3.8) is 0 Å². The number of hydrogen-bond acceptors (Lipinski definition) is 3. The van der Waals surface area contributed by atoms with Crippen molar-refractivity contribution in [3.8, 4) is 22.6 Å². The van der Waals surface area contributed by atoms with Crippen LogP contribution in [-0.2, 0) is 0 Å². The van der Waals surface area contributed by atoms with Gasteiger partial charge in [0.25, 0.3) is 0 Å². The quantitative estimate of drug-likeness (QED) is 0.649. The van der Waals surface area contributed by atoms with Gasteiger partial charge in [-0.2, -0.15) is 0 Å². The van der Waals surface area contributed by atoms with E-state index in [-0.39, 0.29) is 0 Å². The number of hydrogen-bond donors (Lipinski definition) is 1. The second-order valence-electron chi connectivity index (χ2n) is 5.47.